The second kappa shape index (κ2) is 6.03. The fraction of sp³-hybridized carbons (Fsp3) is 0.400. The van der Waals surface area contributed by atoms with Gasteiger partial charge >= 0.3 is 0 Å². The molecule has 0 saturated heterocycles. The van der Waals surface area contributed by atoms with Crippen LogP contribution in [0.25, 0.3) is 0 Å². The number of anilines is 2. The van der Waals surface area contributed by atoms with E-state index in [0.29, 0.717) is 18.0 Å². The molecule has 5 nitrogen and oxygen atoms in total. The number of ether oxygens (including phenoxy) is 1. The molecule has 1 aromatic heterocycles. The van der Waals surface area contributed by atoms with E-state index in [4.69, 9.17) is 15.0 Å². The number of rotatable bonds is 5. The minimum atomic E-state index is -0.468. The standard InChI is InChI=1S/C15H20FN3O2/c1-5-20-14-7-13(12(17)6-11(14)16)18-8(2)15-9(3)19-21-10(15)4/h6-8,18H,5,17H2,1-4H3. The molecule has 21 heavy (non-hydrogen) atoms. The highest BCUT2D eigenvalue weighted by Gasteiger charge is 2.18. The number of nitrogens with two attached hydrogens (primary N) is 1. The number of halogens is 1. The van der Waals surface area contributed by atoms with Crippen molar-refractivity contribution >= 4 is 11.4 Å². The van der Waals surface area contributed by atoms with Gasteiger partial charge in [-0.25, -0.2) is 4.39 Å². The van der Waals surface area contributed by atoms with E-state index in [1.165, 1.54) is 6.07 Å². The fourth-order valence-electron chi connectivity index (χ4n) is 2.37. The molecular weight excluding hydrogens is 273 g/mol. The van der Waals surface area contributed by atoms with Crippen molar-refractivity contribution < 1.29 is 13.7 Å². The highest BCUT2D eigenvalue weighted by atomic mass is 19.1. The van der Waals surface area contributed by atoms with E-state index in [1.807, 2.05) is 20.8 Å². The van der Waals surface area contributed by atoms with E-state index in [2.05, 4.69) is 10.5 Å². The van der Waals surface area contributed by atoms with Crippen LogP contribution in [-0.2, 0) is 0 Å². The molecule has 1 heterocycles. The van der Waals surface area contributed by atoms with Gasteiger partial charge in [-0.1, -0.05) is 5.16 Å². The number of hydrogen-bond acceptors (Lipinski definition) is 5. The molecule has 0 saturated carbocycles. The summed E-state index contributed by atoms with van der Waals surface area (Å²) in [6.45, 7) is 7.89. The summed E-state index contributed by atoms with van der Waals surface area (Å²) in [5, 5.41) is 7.18. The Morgan fingerprint density at radius 3 is 2.71 bits per heavy atom. The molecule has 0 spiro atoms. The minimum Gasteiger partial charge on any atom is -0.491 e. The lowest BCUT2D eigenvalue weighted by atomic mass is 10.1. The zero-order valence-corrected chi connectivity index (χ0v) is 12.7. The van der Waals surface area contributed by atoms with Crippen LogP contribution >= 0.6 is 0 Å². The second-order valence-electron chi connectivity index (χ2n) is 4.91. The van der Waals surface area contributed by atoms with Crippen molar-refractivity contribution in [2.75, 3.05) is 17.7 Å². The molecule has 3 N–H and O–H groups in total. The first kappa shape index (κ1) is 15.2. The molecule has 1 atom stereocenters. The van der Waals surface area contributed by atoms with Crippen molar-refractivity contribution in [3.63, 3.8) is 0 Å². The van der Waals surface area contributed by atoms with E-state index < -0.39 is 5.82 Å². The SMILES string of the molecule is CCOc1cc(NC(C)c2c(C)noc2C)c(N)cc1F. The van der Waals surface area contributed by atoms with Gasteiger partial charge in [-0.2, -0.15) is 0 Å². The third-order valence-electron chi connectivity index (χ3n) is 3.30. The molecule has 0 radical (unpaired) electrons. The summed E-state index contributed by atoms with van der Waals surface area (Å²) < 4.78 is 24.1. The number of hydrogen-bond donors (Lipinski definition) is 2. The average molecular weight is 293 g/mol. The maximum atomic E-state index is 13.7. The topological polar surface area (TPSA) is 73.3 Å². The first-order chi connectivity index (χ1) is 9.93. The largest absolute Gasteiger partial charge is 0.491 e. The van der Waals surface area contributed by atoms with E-state index in [1.54, 1.807) is 13.0 Å². The van der Waals surface area contributed by atoms with Gasteiger partial charge < -0.3 is 20.3 Å². The average Bonchev–Trinajstić information content (AvgIpc) is 2.75. The summed E-state index contributed by atoms with van der Waals surface area (Å²) in [5.41, 5.74) is 8.60. The normalized spacial score (nSPS) is 12.2. The van der Waals surface area contributed by atoms with Gasteiger partial charge in [0.2, 0.25) is 0 Å². The van der Waals surface area contributed by atoms with Crippen molar-refractivity contribution in [1.29, 1.82) is 0 Å². The Hall–Kier alpha value is -2.24. The molecule has 6 heteroatoms. The third kappa shape index (κ3) is 3.09. The summed E-state index contributed by atoms with van der Waals surface area (Å²) in [6.07, 6.45) is 0. The molecule has 0 aliphatic carbocycles. The number of aromatic nitrogens is 1. The molecule has 0 aliphatic rings. The van der Waals surface area contributed by atoms with Crippen molar-refractivity contribution in [2.24, 2.45) is 0 Å². The molecular formula is C15H20FN3O2. The molecule has 114 valence electrons. The monoisotopic (exact) mass is 293 g/mol. The number of benzene rings is 1. The first-order valence-corrected chi connectivity index (χ1v) is 6.85. The fourth-order valence-corrected chi connectivity index (χ4v) is 2.37. The predicted molar refractivity (Wildman–Crippen MR) is 80.0 cm³/mol. The van der Waals surface area contributed by atoms with E-state index in [9.17, 15) is 4.39 Å². The smallest absolute Gasteiger partial charge is 0.167 e. The number of nitrogen functional groups attached to an aromatic ring is 1. The van der Waals surface area contributed by atoms with Crippen LogP contribution in [0.2, 0.25) is 0 Å². The van der Waals surface area contributed by atoms with Crippen LogP contribution in [0.5, 0.6) is 5.75 Å². The molecule has 2 aromatic rings. The van der Waals surface area contributed by atoms with E-state index in [0.717, 1.165) is 17.0 Å². The van der Waals surface area contributed by atoms with Crippen LogP contribution in [0.4, 0.5) is 15.8 Å². The van der Waals surface area contributed by atoms with Gasteiger partial charge in [-0.15, -0.1) is 0 Å². The molecule has 0 bridgehead atoms. The minimum absolute atomic E-state index is 0.0708. The van der Waals surface area contributed by atoms with Crippen molar-refractivity contribution in [3.8, 4) is 5.75 Å². The highest BCUT2D eigenvalue weighted by molar-refractivity contribution is 5.69. The van der Waals surface area contributed by atoms with Crippen molar-refractivity contribution in [1.82, 2.24) is 5.16 Å². The number of nitrogens with zero attached hydrogens (tertiary/aromatic N) is 1. The quantitative estimate of drug-likeness (QED) is 0.824. The zero-order chi connectivity index (χ0) is 15.6. The third-order valence-corrected chi connectivity index (χ3v) is 3.30. The Morgan fingerprint density at radius 1 is 1.43 bits per heavy atom. The van der Waals surface area contributed by atoms with Crippen LogP contribution in [0.3, 0.4) is 0 Å². The summed E-state index contributed by atoms with van der Waals surface area (Å²) >= 11 is 0. The Labute approximate surface area is 123 Å². The van der Waals surface area contributed by atoms with Crippen LogP contribution in [0.15, 0.2) is 16.7 Å². The summed E-state index contributed by atoms with van der Waals surface area (Å²) in [7, 11) is 0. The molecule has 0 aliphatic heterocycles. The van der Waals surface area contributed by atoms with Crippen LogP contribution in [-0.4, -0.2) is 11.8 Å². The predicted octanol–water partition coefficient (Wildman–Crippen LogP) is 3.58. The maximum absolute atomic E-state index is 13.7. The Kier molecular flexibility index (Phi) is 4.35. The lowest BCUT2D eigenvalue weighted by Gasteiger charge is -2.18. The van der Waals surface area contributed by atoms with Crippen molar-refractivity contribution in [2.45, 2.75) is 33.7 Å². The van der Waals surface area contributed by atoms with E-state index >= 15 is 0 Å². The zero-order valence-electron chi connectivity index (χ0n) is 12.7. The van der Waals surface area contributed by atoms with Gasteiger partial charge in [0.1, 0.15) is 5.76 Å². The lowest BCUT2D eigenvalue weighted by Crippen LogP contribution is -2.10. The van der Waals surface area contributed by atoms with Crippen LogP contribution in [0, 0.1) is 19.7 Å². The summed E-state index contributed by atoms with van der Waals surface area (Å²) in [4.78, 5) is 0. The summed E-state index contributed by atoms with van der Waals surface area (Å²) in [6, 6.07) is 2.76. The molecule has 1 aromatic carbocycles. The maximum Gasteiger partial charge on any atom is 0.167 e. The van der Waals surface area contributed by atoms with Gasteiger partial charge in [-0.05, 0) is 27.7 Å². The van der Waals surface area contributed by atoms with Gasteiger partial charge in [0.15, 0.2) is 11.6 Å². The molecule has 0 amide bonds. The van der Waals surface area contributed by atoms with Gasteiger partial charge in [0.25, 0.3) is 0 Å². The van der Waals surface area contributed by atoms with Crippen molar-refractivity contribution in [3.05, 3.63) is 35.0 Å². The Balaban J connectivity index is 2.29. The first-order valence-electron chi connectivity index (χ1n) is 6.85. The molecule has 1 unspecified atom stereocenters. The van der Waals surface area contributed by atoms with Crippen LogP contribution in [0.1, 0.15) is 36.9 Å². The van der Waals surface area contributed by atoms with Gasteiger partial charge in [0, 0.05) is 17.7 Å². The van der Waals surface area contributed by atoms with E-state index in [-0.39, 0.29) is 11.8 Å². The van der Waals surface area contributed by atoms with Gasteiger partial charge in [-0.3, -0.25) is 0 Å². The van der Waals surface area contributed by atoms with Gasteiger partial charge in [0.05, 0.1) is 29.7 Å². The number of aryl methyl sites for hydroxylation is 2. The Morgan fingerprint density at radius 2 is 2.14 bits per heavy atom. The number of nitrogens with one attached hydrogen (secondary N) is 1. The Bertz CT molecular complexity index is 621. The molecule has 0 fully saturated rings. The van der Waals surface area contributed by atoms with Crippen LogP contribution < -0.4 is 15.8 Å². The summed E-state index contributed by atoms with van der Waals surface area (Å²) in [5.74, 6) is 0.461. The molecule has 2 rings (SSSR count). The second-order valence-corrected chi connectivity index (χ2v) is 4.91. The lowest BCUT2D eigenvalue weighted by molar-refractivity contribution is 0.322. The highest BCUT2D eigenvalue weighted by Crippen LogP contribution is 2.32.